The Morgan fingerprint density at radius 1 is 1.38 bits per heavy atom. The van der Waals surface area contributed by atoms with Gasteiger partial charge in [-0.2, -0.15) is 13.2 Å². The van der Waals surface area contributed by atoms with Gasteiger partial charge in [-0.1, -0.05) is 6.07 Å². The number of nitrogens with zero attached hydrogens (tertiary/aromatic N) is 1. The molecule has 1 aromatic carbocycles. The largest absolute Gasteiger partial charge is 0.478 e. The summed E-state index contributed by atoms with van der Waals surface area (Å²) in [5.74, 6) is -2.05. The van der Waals surface area contributed by atoms with Gasteiger partial charge in [-0.15, -0.1) is 0 Å². The smallest absolute Gasteiger partial charge is 0.405 e. The lowest BCUT2D eigenvalue weighted by atomic mass is 10.1. The third-order valence-electron chi connectivity index (χ3n) is 3.07. The maximum absolute atomic E-state index is 13.8. The van der Waals surface area contributed by atoms with Crippen molar-refractivity contribution in [3.8, 4) is 0 Å². The van der Waals surface area contributed by atoms with Crippen LogP contribution in [0.4, 0.5) is 23.2 Å². The number of carboxylic acid groups (broad SMARTS) is 1. The summed E-state index contributed by atoms with van der Waals surface area (Å²) in [4.78, 5) is 11.6. The highest BCUT2D eigenvalue weighted by Crippen LogP contribution is 2.37. The summed E-state index contributed by atoms with van der Waals surface area (Å²) in [5, 5.41) is 8.60. The van der Waals surface area contributed by atoms with Gasteiger partial charge in [0, 0.05) is 23.4 Å². The lowest BCUT2D eigenvalue weighted by Crippen LogP contribution is -2.36. The first-order valence-corrected chi connectivity index (χ1v) is 6.31. The fourth-order valence-electron chi connectivity index (χ4n) is 2.09. The van der Waals surface area contributed by atoms with Gasteiger partial charge in [-0.25, -0.2) is 9.18 Å². The Morgan fingerprint density at radius 3 is 2.57 bits per heavy atom. The molecule has 21 heavy (non-hydrogen) atoms. The molecule has 0 amide bonds. The summed E-state index contributed by atoms with van der Waals surface area (Å²) in [6, 6.07) is 3.48. The molecule has 1 fully saturated rings. The van der Waals surface area contributed by atoms with Gasteiger partial charge in [-0.3, -0.25) is 0 Å². The van der Waals surface area contributed by atoms with E-state index in [9.17, 15) is 22.4 Å². The molecule has 1 aromatic rings. The van der Waals surface area contributed by atoms with Gasteiger partial charge >= 0.3 is 12.1 Å². The molecule has 0 heterocycles. The minimum atomic E-state index is -4.41. The Bertz CT molecular complexity index is 565. The van der Waals surface area contributed by atoms with E-state index in [1.807, 2.05) is 0 Å². The number of carbonyl (C=O) groups is 1. The van der Waals surface area contributed by atoms with E-state index in [1.165, 1.54) is 12.1 Å². The number of anilines is 1. The molecule has 0 saturated heterocycles. The van der Waals surface area contributed by atoms with E-state index in [1.54, 1.807) is 0 Å². The Hall–Kier alpha value is -2.05. The van der Waals surface area contributed by atoms with E-state index in [2.05, 4.69) is 0 Å². The van der Waals surface area contributed by atoms with Crippen LogP contribution in [-0.2, 0) is 4.79 Å². The van der Waals surface area contributed by atoms with Crippen molar-refractivity contribution in [3.63, 3.8) is 0 Å². The molecule has 0 spiro atoms. The molecule has 114 valence electrons. The van der Waals surface area contributed by atoms with Crippen LogP contribution in [0.3, 0.4) is 0 Å². The fraction of sp³-hybridized carbons (Fsp3) is 0.357. The number of alkyl halides is 3. The second kappa shape index (κ2) is 5.75. The minimum absolute atomic E-state index is 0.0623. The number of rotatable bonds is 5. The Labute approximate surface area is 118 Å². The second-order valence-electron chi connectivity index (χ2n) is 4.82. The van der Waals surface area contributed by atoms with Gasteiger partial charge in [0.15, 0.2) is 0 Å². The predicted octanol–water partition coefficient (Wildman–Crippen LogP) is 3.45. The highest BCUT2D eigenvalue weighted by Gasteiger charge is 2.39. The van der Waals surface area contributed by atoms with E-state index < -0.39 is 24.5 Å². The molecule has 0 radical (unpaired) electrons. The Kier molecular flexibility index (Phi) is 4.20. The van der Waals surface area contributed by atoms with E-state index >= 15 is 0 Å². The summed E-state index contributed by atoms with van der Waals surface area (Å²) in [6.07, 6.45) is -1.51. The highest BCUT2D eigenvalue weighted by molar-refractivity contribution is 5.87. The lowest BCUT2D eigenvalue weighted by Gasteiger charge is -2.27. The van der Waals surface area contributed by atoms with Gasteiger partial charge < -0.3 is 10.0 Å². The first-order chi connectivity index (χ1) is 9.78. The van der Waals surface area contributed by atoms with Gasteiger partial charge in [0.2, 0.25) is 0 Å². The van der Waals surface area contributed by atoms with Crippen LogP contribution in [0.25, 0.3) is 6.08 Å². The number of halogens is 4. The monoisotopic (exact) mass is 303 g/mol. The van der Waals surface area contributed by atoms with Gasteiger partial charge in [-0.05, 0) is 31.1 Å². The SMILES string of the molecule is O=C(O)/C=C/c1c(F)cccc1N(CC(F)(F)F)C1CC1. The maximum Gasteiger partial charge on any atom is 0.405 e. The molecular formula is C14H13F4NO2. The number of hydrogen-bond donors (Lipinski definition) is 1. The molecule has 1 aliphatic rings. The topological polar surface area (TPSA) is 40.5 Å². The van der Waals surface area contributed by atoms with Crippen LogP contribution in [0.5, 0.6) is 0 Å². The van der Waals surface area contributed by atoms with Crippen molar-refractivity contribution < 1.29 is 27.5 Å². The first-order valence-electron chi connectivity index (χ1n) is 6.31. The summed E-state index contributed by atoms with van der Waals surface area (Å²) in [5.41, 5.74) is -0.0802. The lowest BCUT2D eigenvalue weighted by molar-refractivity contribution is -0.131. The molecule has 0 atom stereocenters. The summed E-state index contributed by atoms with van der Waals surface area (Å²) >= 11 is 0. The molecular weight excluding hydrogens is 290 g/mol. The number of benzene rings is 1. The summed E-state index contributed by atoms with van der Waals surface area (Å²) in [6.45, 7) is -1.19. The molecule has 3 nitrogen and oxygen atoms in total. The van der Waals surface area contributed by atoms with Gasteiger partial charge in [0.05, 0.1) is 0 Å². The van der Waals surface area contributed by atoms with E-state index in [4.69, 9.17) is 5.11 Å². The van der Waals surface area contributed by atoms with E-state index in [0.717, 1.165) is 17.0 Å². The Morgan fingerprint density at radius 2 is 2.05 bits per heavy atom. The van der Waals surface area contributed by atoms with Crippen molar-refractivity contribution in [2.75, 3.05) is 11.4 Å². The zero-order valence-electron chi connectivity index (χ0n) is 10.9. The molecule has 1 aliphatic carbocycles. The fourth-order valence-corrected chi connectivity index (χ4v) is 2.09. The van der Waals surface area contributed by atoms with Crippen LogP contribution in [0, 0.1) is 5.82 Å². The zero-order valence-corrected chi connectivity index (χ0v) is 10.9. The molecule has 1 saturated carbocycles. The van der Waals surface area contributed by atoms with Crippen molar-refractivity contribution in [1.29, 1.82) is 0 Å². The van der Waals surface area contributed by atoms with Gasteiger partial charge in [0.1, 0.15) is 12.4 Å². The average Bonchev–Trinajstić information content (AvgIpc) is 3.17. The van der Waals surface area contributed by atoms with E-state index in [-0.39, 0.29) is 17.3 Å². The van der Waals surface area contributed by atoms with Crippen LogP contribution in [0.15, 0.2) is 24.3 Å². The van der Waals surface area contributed by atoms with Crippen LogP contribution >= 0.6 is 0 Å². The molecule has 1 N–H and O–H groups in total. The van der Waals surface area contributed by atoms with Crippen LogP contribution in [0.2, 0.25) is 0 Å². The molecule has 2 rings (SSSR count). The van der Waals surface area contributed by atoms with Crippen molar-refractivity contribution in [2.45, 2.75) is 25.1 Å². The number of aliphatic carboxylic acids is 1. The van der Waals surface area contributed by atoms with Crippen molar-refractivity contribution in [3.05, 3.63) is 35.7 Å². The standard InChI is InChI=1S/C14H13F4NO2/c15-11-2-1-3-12(10(11)6-7-13(20)21)19(9-4-5-9)8-14(16,17)18/h1-3,6-7,9H,4-5,8H2,(H,20,21)/b7-6+. The zero-order chi connectivity index (χ0) is 15.6. The summed E-state index contributed by atoms with van der Waals surface area (Å²) < 4.78 is 51.9. The normalized spacial score (nSPS) is 15.4. The quantitative estimate of drug-likeness (QED) is 0.669. The third kappa shape index (κ3) is 4.21. The summed E-state index contributed by atoms with van der Waals surface area (Å²) in [7, 11) is 0. The van der Waals surface area contributed by atoms with Crippen LogP contribution < -0.4 is 4.90 Å². The molecule has 0 aliphatic heterocycles. The minimum Gasteiger partial charge on any atom is -0.478 e. The van der Waals surface area contributed by atoms with Crippen molar-refractivity contribution in [2.24, 2.45) is 0 Å². The molecule has 0 aromatic heterocycles. The van der Waals surface area contributed by atoms with Crippen LogP contribution in [0.1, 0.15) is 18.4 Å². The van der Waals surface area contributed by atoms with Crippen molar-refractivity contribution in [1.82, 2.24) is 0 Å². The predicted molar refractivity (Wildman–Crippen MR) is 69.5 cm³/mol. The van der Waals surface area contributed by atoms with Gasteiger partial charge in [0.25, 0.3) is 0 Å². The average molecular weight is 303 g/mol. The molecule has 0 bridgehead atoms. The molecule has 0 unspecified atom stereocenters. The second-order valence-corrected chi connectivity index (χ2v) is 4.82. The van der Waals surface area contributed by atoms with Crippen LogP contribution in [-0.4, -0.2) is 29.8 Å². The maximum atomic E-state index is 13.8. The first kappa shape index (κ1) is 15.3. The molecule has 7 heteroatoms. The number of hydrogen-bond acceptors (Lipinski definition) is 2. The number of carboxylic acids is 1. The Balaban J connectivity index is 2.40. The highest BCUT2D eigenvalue weighted by atomic mass is 19.4. The van der Waals surface area contributed by atoms with E-state index in [0.29, 0.717) is 18.9 Å². The third-order valence-corrected chi connectivity index (χ3v) is 3.07. The van der Waals surface area contributed by atoms with Crippen molar-refractivity contribution >= 4 is 17.7 Å².